The van der Waals surface area contributed by atoms with Crippen LogP contribution in [0.2, 0.25) is 0 Å². The first-order valence-electron chi connectivity index (χ1n) is 12.7. The maximum Gasteiger partial charge on any atom is 0.337 e. The number of methoxy groups -OCH3 is 2. The lowest BCUT2D eigenvalue weighted by Crippen LogP contribution is -2.61. The van der Waals surface area contributed by atoms with Gasteiger partial charge in [-0.15, -0.1) is 0 Å². The smallest absolute Gasteiger partial charge is 0.337 e. The summed E-state index contributed by atoms with van der Waals surface area (Å²) in [6, 6.07) is 6.12. The number of carbonyl (C=O) groups excluding carboxylic acids is 2. The van der Waals surface area contributed by atoms with Crippen LogP contribution in [0.5, 0.6) is 5.75 Å². The van der Waals surface area contributed by atoms with Gasteiger partial charge in [-0.25, -0.2) is 9.59 Å². The average Bonchev–Trinajstić information content (AvgIpc) is 2.95. The van der Waals surface area contributed by atoms with Crippen LogP contribution < -0.4 is 0 Å². The van der Waals surface area contributed by atoms with E-state index in [-0.39, 0.29) is 11.3 Å². The van der Waals surface area contributed by atoms with E-state index < -0.39 is 79.8 Å². The molecule has 0 spiro atoms. The molecule has 40 heavy (non-hydrogen) atoms. The Balaban J connectivity index is 1.42. The van der Waals surface area contributed by atoms with Gasteiger partial charge in [0.15, 0.2) is 12.6 Å². The van der Waals surface area contributed by atoms with E-state index in [0.29, 0.717) is 12.0 Å². The van der Waals surface area contributed by atoms with Crippen LogP contribution in [0, 0.1) is 11.8 Å². The number of fused-ring (bicyclic) bond motifs is 1. The Bertz CT molecular complexity index is 1090. The van der Waals surface area contributed by atoms with E-state index in [1.165, 1.54) is 38.7 Å². The molecule has 0 radical (unpaired) electrons. The zero-order chi connectivity index (χ0) is 29.0. The third-order valence-electron chi connectivity index (χ3n) is 7.18. The number of hydrogen-bond donors (Lipinski definition) is 4. The van der Waals surface area contributed by atoms with Gasteiger partial charge in [-0.05, 0) is 30.7 Å². The Labute approximate surface area is 230 Å². The van der Waals surface area contributed by atoms with Crippen molar-refractivity contribution in [2.75, 3.05) is 20.8 Å². The molecule has 0 unspecified atom stereocenters. The van der Waals surface area contributed by atoms with Crippen molar-refractivity contribution in [1.82, 2.24) is 0 Å². The van der Waals surface area contributed by atoms with Crippen LogP contribution in [0.1, 0.15) is 18.9 Å². The topological polar surface area (TPSA) is 180 Å². The van der Waals surface area contributed by atoms with Gasteiger partial charge < -0.3 is 53.6 Å². The van der Waals surface area contributed by atoms with Crippen LogP contribution in [-0.4, -0.2) is 103 Å². The number of ether oxygens (including phenoxy) is 7. The Hall–Kier alpha value is -3.04. The molecule has 4 rings (SSSR count). The lowest BCUT2D eigenvalue weighted by molar-refractivity contribution is -0.353. The van der Waals surface area contributed by atoms with E-state index in [9.17, 15) is 30.0 Å². The SMILES string of the molecule is COC(=O)C1=CO[C@H](O[C@@H]2O[C@H](COC(=O)/C=C/c3ccc(O)cc3)[C@@H](O)[C@H](O)[C@H]2O)[C@H]2[C@H](C)O[C@H](OC)C[C@H]12. The first-order chi connectivity index (χ1) is 19.1. The third kappa shape index (κ3) is 6.63. The zero-order valence-corrected chi connectivity index (χ0v) is 22.2. The van der Waals surface area contributed by atoms with Crippen molar-refractivity contribution in [1.29, 1.82) is 0 Å². The number of aliphatic hydroxyl groups excluding tert-OH is 3. The fourth-order valence-electron chi connectivity index (χ4n) is 4.99. The third-order valence-corrected chi connectivity index (χ3v) is 7.18. The van der Waals surface area contributed by atoms with Crippen molar-refractivity contribution >= 4 is 18.0 Å². The summed E-state index contributed by atoms with van der Waals surface area (Å²) < 4.78 is 38.6. The maximum absolute atomic E-state index is 12.4. The molecule has 220 valence electrons. The van der Waals surface area contributed by atoms with Crippen LogP contribution in [0.4, 0.5) is 0 Å². The number of hydrogen-bond acceptors (Lipinski definition) is 13. The molecule has 3 aliphatic rings. The summed E-state index contributed by atoms with van der Waals surface area (Å²) in [5, 5.41) is 40.8. The van der Waals surface area contributed by atoms with Gasteiger partial charge in [-0.2, -0.15) is 0 Å². The quantitative estimate of drug-likeness (QED) is 0.248. The summed E-state index contributed by atoms with van der Waals surface area (Å²) in [6.45, 7) is 1.30. The molecule has 0 bridgehead atoms. The molecule has 10 atom stereocenters. The molecule has 0 aromatic heterocycles. The molecule has 4 N–H and O–H groups in total. The van der Waals surface area contributed by atoms with Crippen molar-refractivity contribution in [2.24, 2.45) is 11.8 Å². The Kier molecular flexibility index (Phi) is 9.79. The van der Waals surface area contributed by atoms with Crippen LogP contribution in [-0.2, 0) is 42.7 Å². The Morgan fingerprint density at radius 2 is 1.75 bits per heavy atom. The minimum Gasteiger partial charge on any atom is -0.508 e. The highest BCUT2D eigenvalue weighted by molar-refractivity contribution is 5.89. The summed E-state index contributed by atoms with van der Waals surface area (Å²) in [5.41, 5.74) is 0.916. The van der Waals surface area contributed by atoms with Gasteiger partial charge in [0.1, 0.15) is 36.8 Å². The normalized spacial score (nSPS) is 35.8. The Morgan fingerprint density at radius 1 is 1.02 bits per heavy atom. The molecule has 13 heteroatoms. The van der Waals surface area contributed by atoms with Gasteiger partial charge in [0, 0.05) is 25.5 Å². The van der Waals surface area contributed by atoms with Gasteiger partial charge in [0.2, 0.25) is 6.29 Å². The highest BCUT2D eigenvalue weighted by Gasteiger charge is 2.52. The molecule has 0 saturated carbocycles. The highest BCUT2D eigenvalue weighted by atomic mass is 16.8. The summed E-state index contributed by atoms with van der Waals surface area (Å²) in [5.74, 6) is -2.23. The van der Waals surface area contributed by atoms with Gasteiger partial charge in [0.05, 0.1) is 31.0 Å². The van der Waals surface area contributed by atoms with Crippen LogP contribution >= 0.6 is 0 Å². The van der Waals surface area contributed by atoms with Gasteiger partial charge in [0.25, 0.3) is 0 Å². The second-order valence-electron chi connectivity index (χ2n) is 9.70. The van der Waals surface area contributed by atoms with E-state index in [2.05, 4.69) is 0 Å². The molecule has 0 aliphatic carbocycles. The maximum atomic E-state index is 12.4. The molecule has 3 heterocycles. The second-order valence-corrected chi connectivity index (χ2v) is 9.70. The van der Waals surface area contributed by atoms with Gasteiger partial charge in [-0.3, -0.25) is 0 Å². The molecule has 2 saturated heterocycles. The number of carbonyl (C=O) groups is 2. The van der Waals surface area contributed by atoms with Crippen molar-refractivity contribution < 1.29 is 63.2 Å². The Morgan fingerprint density at radius 3 is 2.42 bits per heavy atom. The summed E-state index contributed by atoms with van der Waals surface area (Å²) in [6.07, 6.45) is -5.70. The van der Waals surface area contributed by atoms with Crippen molar-refractivity contribution in [3.8, 4) is 5.75 Å². The number of esters is 2. The molecule has 2 fully saturated rings. The summed E-state index contributed by atoms with van der Waals surface area (Å²) >= 11 is 0. The van der Waals surface area contributed by atoms with E-state index in [0.717, 1.165) is 6.08 Å². The molecule has 0 amide bonds. The van der Waals surface area contributed by atoms with E-state index in [4.69, 9.17) is 33.2 Å². The number of phenolic OH excluding ortho intramolecular Hbond substituents is 1. The van der Waals surface area contributed by atoms with Gasteiger partial charge in [-0.1, -0.05) is 12.1 Å². The van der Waals surface area contributed by atoms with Crippen molar-refractivity contribution in [3.05, 3.63) is 47.7 Å². The lowest BCUT2D eigenvalue weighted by Gasteiger charge is -2.47. The van der Waals surface area contributed by atoms with Crippen LogP contribution in [0.15, 0.2) is 42.2 Å². The van der Waals surface area contributed by atoms with Crippen molar-refractivity contribution in [2.45, 2.75) is 62.7 Å². The second kappa shape index (κ2) is 13.1. The fraction of sp³-hybridized carbons (Fsp3) is 0.556. The van der Waals surface area contributed by atoms with Crippen LogP contribution in [0.25, 0.3) is 6.08 Å². The first kappa shape index (κ1) is 29.9. The van der Waals surface area contributed by atoms with E-state index >= 15 is 0 Å². The largest absolute Gasteiger partial charge is 0.508 e. The highest BCUT2D eigenvalue weighted by Crippen LogP contribution is 2.43. The predicted molar refractivity (Wildman–Crippen MR) is 134 cm³/mol. The van der Waals surface area contributed by atoms with Gasteiger partial charge >= 0.3 is 11.9 Å². The summed E-state index contributed by atoms with van der Waals surface area (Å²) in [4.78, 5) is 24.6. The minimum atomic E-state index is -1.69. The average molecular weight is 567 g/mol. The molecule has 3 aliphatic heterocycles. The molecular formula is C27H34O13. The molecule has 13 nitrogen and oxygen atoms in total. The lowest BCUT2D eigenvalue weighted by atomic mass is 9.77. The molecule has 1 aromatic carbocycles. The standard InChI is InChI=1S/C27H34O13/c1-13-21-16(10-20(34-2)38-13)17(25(33)35-3)11-37-26(21)40-27-24(32)23(31)22(30)18(39-27)12-36-19(29)9-6-14-4-7-15(28)8-5-14/h4-9,11,13,16,18,20-24,26-28,30-32H,10,12H2,1-3H3/b9-6+/t13-,16+,18+,20-,21-,22+,23-,24+,26+,27-/m0/s1. The van der Waals surface area contributed by atoms with Crippen molar-refractivity contribution in [3.63, 3.8) is 0 Å². The minimum absolute atomic E-state index is 0.0828. The number of aliphatic hydroxyl groups is 3. The number of rotatable bonds is 8. The number of aromatic hydroxyl groups is 1. The fourth-order valence-corrected chi connectivity index (χ4v) is 4.99. The molecule has 1 aromatic rings. The zero-order valence-electron chi connectivity index (χ0n) is 22.2. The summed E-state index contributed by atoms with van der Waals surface area (Å²) in [7, 11) is 2.74. The van der Waals surface area contributed by atoms with E-state index in [1.54, 1.807) is 19.1 Å². The molecular weight excluding hydrogens is 532 g/mol. The number of phenols is 1. The van der Waals surface area contributed by atoms with E-state index in [1.807, 2.05) is 0 Å². The monoisotopic (exact) mass is 566 g/mol. The first-order valence-corrected chi connectivity index (χ1v) is 12.7. The number of benzene rings is 1. The van der Waals surface area contributed by atoms with Crippen LogP contribution in [0.3, 0.4) is 0 Å². The predicted octanol–water partition coefficient (Wildman–Crippen LogP) is 0.200.